The zero-order valence-electron chi connectivity index (χ0n) is 12.9. The maximum atomic E-state index is 12.2. The molecule has 1 unspecified atom stereocenters. The van der Waals surface area contributed by atoms with Gasteiger partial charge >= 0.3 is 0 Å². The van der Waals surface area contributed by atoms with Gasteiger partial charge < -0.3 is 14.1 Å². The molecule has 1 aliphatic heterocycles. The quantitative estimate of drug-likeness (QED) is 0.712. The number of hydrogen-bond donors (Lipinski definition) is 0. The minimum Gasteiger partial charge on any atom is -0.497 e. The molecule has 122 valence electrons. The fourth-order valence-electron chi connectivity index (χ4n) is 2.47. The molecule has 3 rings (SSSR count). The van der Waals surface area contributed by atoms with Gasteiger partial charge in [0.25, 0.3) is 0 Å². The lowest BCUT2D eigenvalue weighted by atomic mass is 10.2. The van der Waals surface area contributed by atoms with Gasteiger partial charge in [-0.1, -0.05) is 12.1 Å². The van der Waals surface area contributed by atoms with Crippen LogP contribution in [0.1, 0.15) is 16.7 Å². The van der Waals surface area contributed by atoms with Gasteiger partial charge in [0.15, 0.2) is 0 Å². The molecule has 0 aliphatic carbocycles. The highest BCUT2D eigenvalue weighted by Gasteiger charge is 2.32. The van der Waals surface area contributed by atoms with Gasteiger partial charge in [-0.25, -0.2) is 0 Å². The average Bonchev–Trinajstić information content (AvgIpc) is 3.22. The summed E-state index contributed by atoms with van der Waals surface area (Å²) in [4.78, 5) is 14.1. The van der Waals surface area contributed by atoms with Crippen molar-refractivity contribution in [3.8, 4) is 5.75 Å². The van der Waals surface area contributed by atoms with Crippen LogP contribution in [-0.2, 0) is 10.5 Å². The van der Waals surface area contributed by atoms with Crippen molar-refractivity contribution in [1.82, 2.24) is 4.90 Å². The molecule has 1 aliphatic rings. The van der Waals surface area contributed by atoms with Crippen LogP contribution in [0.25, 0.3) is 0 Å². The molecule has 23 heavy (non-hydrogen) atoms. The lowest BCUT2D eigenvalue weighted by Gasteiger charge is -2.24. The molecule has 1 amide bonds. The molecule has 1 aromatic heterocycles. The number of nitrogens with zero attached hydrogens (tertiary/aromatic N) is 1. The number of rotatable bonds is 7. The summed E-state index contributed by atoms with van der Waals surface area (Å²) in [5, 5.41) is 0.109. The Morgan fingerprint density at radius 3 is 2.87 bits per heavy atom. The van der Waals surface area contributed by atoms with Crippen molar-refractivity contribution in [1.29, 1.82) is 0 Å². The van der Waals surface area contributed by atoms with Crippen molar-refractivity contribution in [3.05, 3.63) is 54.0 Å². The molecular formula is C17H19NO3S2. The molecule has 0 spiro atoms. The number of amides is 1. The van der Waals surface area contributed by atoms with Crippen LogP contribution in [0, 0.1) is 0 Å². The number of methoxy groups -OCH3 is 1. The molecular weight excluding hydrogens is 330 g/mol. The van der Waals surface area contributed by atoms with E-state index in [1.807, 2.05) is 41.3 Å². The van der Waals surface area contributed by atoms with Crippen LogP contribution in [0.2, 0.25) is 0 Å². The summed E-state index contributed by atoms with van der Waals surface area (Å²) in [7, 11) is 1.66. The lowest BCUT2D eigenvalue weighted by molar-refractivity contribution is -0.127. The second-order valence-corrected chi connectivity index (χ2v) is 7.33. The minimum absolute atomic E-state index is 0.109. The Labute approximate surface area is 144 Å². The van der Waals surface area contributed by atoms with Gasteiger partial charge in [-0.15, -0.1) is 11.8 Å². The van der Waals surface area contributed by atoms with E-state index in [4.69, 9.17) is 9.15 Å². The van der Waals surface area contributed by atoms with E-state index >= 15 is 0 Å². The Kier molecular flexibility index (Phi) is 5.56. The first-order valence-electron chi connectivity index (χ1n) is 7.43. The largest absolute Gasteiger partial charge is 0.497 e. The normalized spacial score (nSPS) is 17.7. The summed E-state index contributed by atoms with van der Waals surface area (Å²) in [6, 6.07) is 11.8. The number of carbonyl (C=O) groups excluding carboxylic acids is 1. The molecule has 2 heterocycles. The zero-order valence-corrected chi connectivity index (χ0v) is 14.6. The van der Waals surface area contributed by atoms with E-state index in [1.54, 1.807) is 36.9 Å². The van der Waals surface area contributed by atoms with Gasteiger partial charge in [0.1, 0.15) is 16.9 Å². The summed E-state index contributed by atoms with van der Waals surface area (Å²) in [5.74, 6) is 4.33. The van der Waals surface area contributed by atoms with Crippen LogP contribution in [0.3, 0.4) is 0 Å². The molecule has 1 aromatic carbocycles. The predicted molar refractivity (Wildman–Crippen MR) is 94.8 cm³/mol. The smallest absolute Gasteiger partial charge is 0.233 e. The first-order chi connectivity index (χ1) is 11.3. The van der Waals surface area contributed by atoms with Crippen LogP contribution in [-0.4, -0.2) is 36.0 Å². The second kappa shape index (κ2) is 7.84. The van der Waals surface area contributed by atoms with Gasteiger partial charge in [0.2, 0.25) is 5.91 Å². The molecule has 2 aromatic rings. The van der Waals surface area contributed by atoms with Crippen molar-refractivity contribution in [2.24, 2.45) is 0 Å². The van der Waals surface area contributed by atoms with Crippen molar-refractivity contribution >= 4 is 29.4 Å². The number of hydrogen-bond acceptors (Lipinski definition) is 5. The van der Waals surface area contributed by atoms with E-state index in [9.17, 15) is 4.79 Å². The number of furan rings is 1. The first-order valence-corrected chi connectivity index (χ1v) is 9.63. The van der Waals surface area contributed by atoms with Crippen LogP contribution in [0.5, 0.6) is 5.75 Å². The van der Waals surface area contributed by atoms with E-state index in [0.717, 1.165) is 35.1 Å². The Bertz CT molecular complexity index is 628. The Hall–Kier alpha value is -1.53. The van der Waals surface area contributed by atoms with Gasteiger partial charge in [-0.3, -0.25) is 4.79 Å². The van der Waals surface area contributed by atoms with Crippen molar-refractivity contribution < 1.29 is 13.9 Å². The first kappa shape index (κ1) is 16.3. The molecule has 1 atom stereocenters. The van der Waals surface area contributed by atoms with E-state index in [0.29, 0.717) is 5.75 Å². The highest BCUT2D eigenvalue weighted by Crippen LogP contribution is 2.39. The standard InChI is InChI=1S/C17H19NO3S2/c1-20-14-6-4-13(5-7-14)17-18(16(19)12-23-17)8-10-22-11-15-3-2-9-21-15/h2-7,9,17H,8,10-12H2,1H3. The summed E-state index contributed by atoms with van der Waals surface area (Å²) in [5.41, 5.74) is 1.15. The molecule has 4 nitrogen and oxygen atoms in total. The van der Waals surface area contributed by atoms with Crippen molar-refractivity contribution in [2.75, 3.05) is 25.2 Å². The zero-order chi connectivity index (χ0) is 16.1. The molecule has 0 N–H and O–H groups in total. The molecule has 0 bridgehead atoms. The van der Waals surface area contributed by atoms with Crippen molar-refractivity contribution in [3.63, 3.8) is 0 Å². The minimum atomic E-state index is 0.109. The topological polar surface area (TPSA) is 42.7 Å². The molecule has 0 radical (unpaired) electrons. The van der Waals surface area contributed by atoms with Gasteiger partial charge in [-0.2, -0.15) is 11.8 Å². The Morgan fingerprint density at radius 1 is 1.35 bits per heavy atom. The second-order valence-electron chi connectivity index (χ2n) is 5.16. The van der Waals surface area contributed by atoms with Gasteiger partial charge in [-0.05, 0) is 29.8 Å². The third-order valence-electron chi connectivity index (χ3n) is 3.67. The fraction of sp³-hybridized carbons (Fsp3) is 0.353. The van der Waals surface area contributed by atoms with Crippen molar-refractivity contribution in [2.45, 2.75) is 11.1 Å². The van der Waals surface area contributed by atoms with Gasteiger partial charge in [0, 0.05) is 12.3 Å². The predicted octanol–water partition coefficient (Wildman–Crippen LogP) is 3.80. The third-order valence-corrected chi connectivity index (χ3v) is 5.89. The fourth-order valence-corrected chi connectivity index (χ4v) is 4.53. The number of benzene rings is 1. The Balaban J connectivity index is 1.56. The number of thioether (sulfide) groups is 2. The highest BCUT2D eigenvalue weighted by molar-refractivity contribution is 8.00. The highest BCUT2D eigenvalue weighted by atomic mass is 32.2. The monoisotopic (exact) mass is 349 g/mol. The summed E-state index contributed by atoms with van der Waals surface area (Å²) in [6.07, 6.45) is 1.69. The summed E-state index contributed by atoms with van der Waals surface area (Å²) < 4.78 is 10.5. The summed E-state index contributed by atoms with van der Waals surface area (Å²) >= 11 is 3.47. The number of ether oxygens (including phenoxy) is 1. The summed E-state index contributed by atoms with van der Waals surface area (Å²) in [6.45, 7) is 0.758. The Morgan fingerprint density at radius 2 is 2.17 bits per heavy atom. The van der Waals surface area contributed by atoms with Crippen LogP contribution < -0.4 is 4.74 Å². The maximum Gasteiger partial charge on any atom is 0.233 e. The van der Waals surface area contributed by atoms with Crippen LogP contribution in [0.15, 0.2) is 47.1 Å². The molecule has 6 heteroatoms. The molecule has 0 saturated carbocycles. The van der Waals surface area contributed by atoms with Gasteiger partial charge in [0.05, 0.1) is 24.9 Å². The third kappa shape index (κ3) is 4.06. The van der Waals surface area contributed by atoms with E-state index < -0.39 is 0 Å². The molecule has 1 saturated heterocycles. The van der Waals surface area contributed by atoms with Crippen LogP contribution >= 0.6 is 23.5 Å². The average molecular weight is 349 g/mol. The lowest BCUT2D eigenvalue weighted by Crippen LogP contribution is -2.30. The van der Waals surface area contributed by atoms with Crippen LogP contribution in [0.4, 0.5) is 0 Å². The number of carbonyl (C=O) groups is 1. The molecule has 1 fully saturated rings. The maximum absolute atomic E-state index is 12.2. The van der Waals surface area contributed by atoms with E-state index in [2.05, 4.69) is 0 Å². The SMILES string of the molecule is COc1ccc(C2SCC(=O)N2CCSCc2ccco2)cc1. The van der Waals surface area contributed by atoms with E-state index in [-0.39, 0.29) is 11.3 Å². The van der Waals surface area contributed by atoms with E-state index in [1.165, 1.54) is 0 Å².